The molecule has 0 N–H and O–H groups in total. The van der Waals surface area contributed by atoms with Crippen molar-refractivity contribution in [2.75, 3.05) is 0 Å². The number of Topliss-reactive ketones (excluding diaryl/α,β-unsaturated/α-hetero) is 1. The second kappa shape index (κ2) is 5.23. The van der Waals surface area contributed by atoms with Crippen LogP contribution in [0.25, 0.3) is 0 Å². The summed E-state index contributed by atoms with van der Waals surface area (Å²) in [6.07, 6.45) is 0. The first-order chi connectivity index (χ1) is 7.77. The smallest absolute Gasteiger partial charge is 0.175 e. The molecule has 16 heavy (non-hydrogen) atoms. The molecule has 0 saturated heterocycles. The van der Waals surface area contributed by atoms with Crippen LogP contribution in [0.15, 0.2) is 40.2 Å². The van der Waals surface area contributed by atoms with E-state index in [0.717, 1.165) is 9.90 Å². The number of hydrogen-bond donors (Lipinski definition) is 0. The van der Waals surface area contributed by atoms with Gasteiger partial charge in [-0.15, -0.1) is 10.2 Å². The summed E-state index contributed by atoms with van der Waals surface area (Å²) in [5.74, 6) is 0.126. The Hall–Kier alpha value is -1.20. The van der Waals surface area contributed by atoms with Gasteiger partial charge in [0.25, 0.3) is 0 Å². The van der Waals surface area contributed by atoms with Crippen LogP contribution in [-0.2, 0) is 0 Å². The minimum Gasteiger partial charge on any atom is -0.293 e. The molecule has 1 atom stereocenters. The average Bonchev–Trinajstić information content (AvgIpc) is 2.82. The summed E-state index contributed by atoms with van der Waals surface area (Å²) in [6, 6.07) is 9.31. The van der Waals surface area contributed by atoms with E-state index in [4.69, 9.17) is 0 Å². The van der Waals surface area contributed by atoms with Crippen molar-refractivity contribution in [3.8, 4) is 0 Å². The maximum atomic E-state index is 12.0. The van der Waals surface area contributed by atoms with Crippen LogP contribution in [-0.4, -0.2) is 21.2 Å². The summed E-state index contributed by atoms with van der Waals surface area (Å²) in [6.45, 7) is 1.89. The highest BCUT2D eigenvalue weighted by Gasteiger charge is 2.17. The van der Waals surface area contributed by atoms with Crippen LogP contribution >= 0.6 is 23.1 Å². The SMILES string of the molecule is C[C@H](Sc1nncs1)C(=O)c1ccccc1. The van der Waals surface area contributed by atoms with E-state index in [1.54, 1.807) is 5.51 Å². The van der Waals surface area contributed by atoms with E-state index in [-0.39, 0.29) is 11.0 Å². The highest BCUT2D eigenvalue weighted by atomic mass is 32.2. The molecule has 1 aromatic heterocycles. The van der Waals surface area contributed by atoms with Crippen LogP contribution < -0.4 is 0 Å². The third-order valence-electron chi connectivity index (χ3n) is 2.05. The number of thioether (sulfide) groups is 1. The highest BCUT2D eigenvalue weighted by Crippen LogP contribution is 2.26. The largest absolute Gasteiger partial charge is 0.293 e. The molecule has 0 bridgehead atoms. The van der Waals surface area contributed by atoms with Crippen molar-refractivity contribution in [1.29, 1.82) is 0 Å². The fraction of sp³-hybridized carbons (Fsp3) is 0.182. The number of benzene rings is 1. The van der Waals surface area contributed by atoms with E-state index in [2.05, 4.69) is 10.2 Å². The van der Waals surface area contributed by atoms with Crippen molar-refractivity contribution in [2.24, 2.45) is 0 Å². The van der Waals surface area contributed by atoms with Gasteiger partial charge in [-0.3, -0.25) is 4.79 Å². The van der Waals surface area contributed by atoms with Gasteiger partial charge in [0.1, 0.15) is 5.51 Å². The number of aromatic nitrogens is 2. The van der Waals surface area contributed by atoms with Crippen molar-refractivity contribution in [1.82, 2.24) is 10.2 Å². The average molecular weight is 250 g/mol. The molecular formula is C11H10N2OS2. The normalized spacial score (nSPS) is 12.3. The van der Waals surface area contributed by atoms with Crippen LogP contribution in [0.2, 0.25) is 0 Å². The summed E-state index contributed by atoms with van der Waals surface area (Å²) < 4.78 is 0.830. The van der Waals surface area contributed by atoms with Gasteiger partial charge in [-0.05, 0) is 6.92 Å². The molecule has 0 unspecified atom stereocenters. The zero-order valence-electron chi connectivity index (χ0n) is 8.66. The lowest BCUT2D eigenvalue weighted by Gasteiger charge is -2.07. The Bertz CT molecular complexity index is 456. The van der Waals surface area contributed by atoms with Gasteiger partial charge in [0, 0.05) is 5.56 Å². The highest BCUT2D eigenvalue weighted by molar-refractivity contribution is 8.02. The van der Waals surface area contributed by atoms with Crippen molar-refractivity contribution in [3.63, 3.8) is 0 Å². The molecule has 5 heteroatoms. The first kappa shape index (κ1) is 11.3. The van der Waals surface area contributed by atoms with Gasteiger partial charge in [0.15, 0.2) is 10.1 Å². The molecule has 0 aliphatic rings. The molecule has 1 heterocycles. The summed E-state index contributed by atoms with van der Waals surface area (Å²) in [4.78, 5) is 12.0. The first-order valence-corrected chi connectivity index (χ1v) is 6.55. The van der Waals surface area contributed by atoms with Gasteiger partial charge in [-0.2, -0.15) is 0 Å². The molecule has 0 fully saturated rings. The Morgan fingerprint density at radius 3 is 2.75 bits per heavy atom. The Labute approximate surface area is 102 Å². The maximum absolute atomic E-state index is 12.0. The summed E-state index contributed by atoms with van der Waals surface area (Å²) in [7, 11) is 0. The molecule has 0 amide bonds. The summed E-state index contributed by atoms with van der Waals surface area (Å²) in [5, 5.41) is 7.53. The third kappa shape index (κ3) is 2.68. The minimum atomic E-state index is -0.129. The van der Waals surface area contributed by atoms with Gasteiger partial charge in [-0.25, -0.2) is 0 Å². The number of carbonyl (C=O) groups excluding carboxylic acids is 1. The van der Waals surface area contributed by atoms with Crippen LogP contribution in [0, 0.1) is 0 Å². The number of rotatable bonds is 4. The Kier molecular flexibility index (Phi) is 3.69. The van der Waals surface area contributed by atoms with Crippen molar-refractivity contribution in [3.05, 3.63) is 41.4 Å². The molecule has 0 spiro atoms. The fourth-order valence-corrected chi connectivity index (χ4v) is 2.96. The predicted octanol–water partition coefficient (Wildman–Crippen LogP) is 2.90. The molecule has 0 saturated carbocycles. The van der Waals surface area contributed by atoms with E-state index in [1.165, 1.54) is 23.1 Å². The van der Waals surface area contributed by atoms with Crippen molar-refractivity contribution < 1.29 is 4.79 Å². The molecule has 0 aliphatic carbocycles. The Morgan fingerprint density at radius 2 is 2.12 bits per heavy atom. The number of nitrogens with zero attached hydrogens (tertiary/aromatic N) is 2. The Balaban J connectivity index is 2.05. The van der Waals surface area contributed by atoms with E-state index in [9.17, 15) is 4.79 Å². The van der Waals surface area contributed by atoms with Gasteiger partial charge < -0.3 is 0 Å². The zero-order chi connectivity index (χ0) is 11.4. The van der Waals surface area contributed by atoms with E-state index in [0.29, 0.717) is 0 Å². The van der Waals surface area contributed by atoms with Crippen LogP contribution in [0.1, 0.15) is 17.3 Å². The zero-order valence-corrected chi connectivity index (χ0v) is 10.3. The van der Waals surface area contributed by atoms with Crippen molar-refractivity contribution in [2.45, 2.75) is 16.5 Å². The lowest BCUT2D eigenvalue weighted by Crippen LogP contribution is -2.13. The standard InChI is InChI=1S/C11H10N2OS2/c1-8(16-11-13-12-7-15-11)10(14)9-5-3-2-4-6-9/h2-8H,1H3/t8-/m0/s1. The number of carbonyl (C=O) groups is 1. The first-order valence-electron chi connectivity index (χ1n) is 4.79. The van der Waals surface area contributed by atoms with Gasteiger partial charge >= 0.3 is 0 Å². The minimum absolute atomic E-state index is 0.126. The Morgan fingerprint density at radius 1 is 1.38 bits per heavy atom. The third-order valence-corrected chi connectivity index (χ3v) is 3.96. The van der Waals surface area contributed by atoms with Gasteiger partial charge in [0.2, 0.25) is 0 Å². The number of hydrogen-bond acceptors (Lipinski definition) is 5. The second-order valence-electron chi connectivity index (χ2n) is 3.19. The second-order valence-corrected chi connectivity index (χ2v) is 5.62. The molecule has 1 aromatic carbocycles. The number of ketones is 1. The molecule has 0 radical (unpaired) electrons. The predicted molar refractivity (Wildman–Crippen MR) is 66.0 cm³/mol. The molecule has 2 aromatic rings. The lowest BCUT2D eigenvalue weighted by molar-refractivity contribution is 0.0994. The summed E-state index contributed by atoms with van der Waals surface area (Å²) in [5.41, 5.74) is 2.41. The molecule has 0 aliphatic heterocycles. The van der Waals surface area contributed by atoms with Crippen LogP contribution in [0.3, 0.4) is 0 Å². The van der Waals surface area contributed by atoms with E-state index < -0.39 is 0 Å². The van der Waals surface area contributed by atoms with Crippen molar-refractivity contribution >= 4 is 28.9 Å². The molecular weight excluding hydrogens is 240 g/mol. The quantitative estimate of drug-likeness (QED) is 0.618. The molecule has 2 rings (SSSR count). The van der Waals surface area contributed by atoms with Gasteiger partial charge in [-0.1, -0.05) is 53.4 Å². The molecule has 3 nitrogen and oxygen atoms in total. The van der Waals surface area contributed by atoms with Crippen LogP contribution in [0.4, 0.5) is 0 Å². The van der Waals surface area contributed by atoms with Crippen LogP contribution in [0.5, 0.6) is 0 Å². The van der Waals surface area contributed by atoms with E-state index in [1.807, 2.05) is 37.3 Å². The maximum Gasteiger partial charge on any atom is 0.175 e. The van der Waals surface area contributed by atoms with Gasteiger partial charge in [0.05, 0.1) is 5.25 Å². The summed E-state index contributed by atoms with van der Waals surface area (Å²) >= 11 is 2.90. The van der Waals surface area contributed by atoms with E-state index >= 15 is 0 Å². The lowest BCUT2D eigenvalue weighted by atomic mass is 10.1. The fourth-order valence-electron chi connectivity index (χ4n) is 1.26. The monoisotopic (exact) mass is 250 g/mol. The topological polar surface area (TPSA) is 42.9 Å². The molecule has 82 valence electrons.